The second-order valence-corrected chi connectivity index (χ2v) is 22.8. The van der Waals surface area contributed by atoms with Gasteiger partial charge in [-0.15, -0.1) is 0 Å². The van der Waals surface area contributed by atoms with Gasteiger partial charge in [-0.05, 0) is 91.0 Å². The highest BCUT2D eigenvalue weighted by Gasteiger charge is 2.42. The van der Waals surface area contributed by atoms with E-state index in [2.05, 4.69) is 193 Å². The monoisotopic (exact) mass is 977 g/mol. The van der Waals surface area contributed by atoms with Crippen LogP contribution in [0.25, 0.3) is 99.5 Å². The van der Waals surface area contributed by atoms with E-state index in [1.807, 2.05) is 72.8 Å². The van der Waals surface area contributed by atoms with Crippen molar-refractivity contribution in [2.45, 2.75) is 0 Å². The third kappa shape index (κ3) is 7.31. The Balaban J connectivity index is 1.07. The molecule has 0 fully saturated rings. The average Bonchev–Trinajstić information content (AvgIpc) is 4.21. The summed E-state index contributed by atoms with van der Waals surface area (Å²) < 4.78 is 70.8. The fraction of sp³-hybridized carbons (Fsp3) is 0. The largest absolute Gasteiger partial charge is 0.309 e. The van der Waals surface area contributed by atoms with Crippen LogP contribution in [0.1, 0.15) is 9.60 Å². The summed E-state index contributed by atoms with van der Waals surface area (Å²) >= 11 is 0. The molecule has 2 nitrogen and oxygen atoms in total. The molecule has 0 aliphatic carbocycles. The quantitative estimate of drug-likeness (QED) is 0.0955. The third-order valence-corrected chi connectivity index (χ3v) is 19.7. The normalized spacial score (nSPS) is 13.0. The smallest absolute Gasteiger partial charge is 0.179 e. The fourth-order valence-corrected chi connectivity index (χ4v) is 16.4. The van der Waals surface area contributed by atoms with Gasteiger partial charge in [0.1, 0.15) is 0 Å². The van der Waals surface area contributed by atoms with Gasteiger partial charge < -0.3 is 9.13 Å². The van der Waals surface area contributed by atoms with Gasteiger partial charge in [-0.1, -0.05) is 261 Å². The maximum Gasteiger partial charge on any atom is 0.179 e. The maximum absolute atomic E-state index is 10.2. The number of benzene rings is 12. The first kappa shape index (κ1) is 37.2. The molecule has 14 rings (SSSR count). The van der Waals surface area contributed by atoms with E-state index in [0.29, 0.717) is 11.3 Å². The van der Waals surface area contributed by atoms with Crippen LogP contribution in [-0.2, 0) is 0 Å². The Kier molecular flexibility index (Phi) is 9.18. The van der Waals surface area contributed by atoms with Gasteiger partial charge in [-0.3, -0.25) is 0 Å². The first-order chi connectivity index (χ1) is 40.2. The highest BCUT2D eigenvalue weighted by molar-refractivity contribution is 7.20. The van der Waals surface area contributed by atoms with E-state index >= 15 is 0 Å². The van der Waals surface area contributed by atoms with Crippen LogP contribution in [0.2, 0.25) is 0 Å². The molecule has 2 aromatic heterocycles. The number of hydrogen-bond acceptors (Lipinski definition) is 0. The summed E-state index contributed by atoms with van der Waals surface area (Å²) in [6, 6.07) is 88.9. The van der Waals surface area contributed by atoms with E-state index in [-0.39, 0.29) is 57.6 Å². The molecule has 352 valence electrons. The lowest BCUT2D eigenvalue weighted by Crippen LogP contribution is -2.74. The minimum Gasteiger partial charge on any atom is -0.309 e. The standard InChI is InChI=1S/C72H50N2Si/c1-7-25-51(26-8-1)60-37-19-22-40-67(60)73-68-41-23-20-38-61(68)65-47-54(43-45-70(65)73)55-44-46-71-66(48-55)62-39-21-24-42-69(62)74(71)72-63(52-27-9-2-10-28-52)49-59(50-64(72)53-29-11-3-12-30-53)75(56-31-13-4-14-32-56,57-33-15-5-16-34-57)58-35-17-6-18-36-58/h1-50H/i20D,23D,38D,41D,43D,45D,47D. The molecule has 0 unspecified atom stereocenters. The SMILES string of the molecule is [2H]c1c([2H])c([2H])c2c(c1[2H])c1c([2H])c(-c3ccc4c(c3)c3ccccc3n4-c3c(-c4ccccc4)cc([Si](c4ccccc4)(c4ccccc4)c4ccccc4)cc3-c3ccccc3)c([2H])c([2H])c1n2-c1ccccc1-c1ccccc1. The van der Waals surface area contributed by atoms with Gasteiger partial charge in [0.15, 0.2) is 8.07 Å². The zero-order valence-electron chi connectivity index (χ0n) is 47.7. The topological polar surface area (TPSA) is 9.86 Å². The van der Waals surface area contributed by atoms with Crippen molar-refractivity contribution in [1.82, 2.24) is 9.13 Å². The summed E-state index contributed by atoms with van der Waals surface area (Å²) in [5.74, 6) is 0. The Labute approximate surface area is 448 Å². The highest BCUT2D eigenvalue weighted by Crippen LogP contribution is 2.44. The van der Waals surface area contributed by atoms with Crippen LogP contribution < -0.4 is 20.7 Å². The molecule has 0 aliphatic heterocycles. The minimum atomic E-state index is -3.09. The lowest BCUT2D eigenvalue weighted by atomic mass is 9.95. The predicted octanol–water partition coefficient (Wildman–Crippen LogP) is 15.9. The van der Waals surface area contributed by atoms with Crippen LogP contribution in [0.3, 0.4) is 0 Å². The Morgan fingerprint density at radius 1 is 0.280 bits per heavy atom. The Hall–Kier alpha value is -9.54. The zero-order valence-corrected chi connectivity index (χ0v) is 41.7. The van der Waals surface area contributed by atoms with Gasteiger partial charge in [-0.25, -0.2) is 0 Å². The first-order valence-electron chi connectivity index (χ1n) is 28.9. The lowest BCUT2D eigenvalue weighted by molar-refractivity contribution is 1.18. The number of para-hydroxylation sites is 3. The molecule has 75 heavy (non-hydrogen) atoms. The lowest BCUT2D eigenvalue weighted by Gasteiger charge is -2.36. The van der Waals surface area contributed by atoms with Crippen LogP contribution in [0, 0.1) is 0 Å². The van der Waals surface area contributed by atoms with Gasteiger partial charge in [-0.2, -0.15) is 0 Å². The molecular weight excluding hydrogens is 921 g/mol. The van der Waals surface area contributed by atoms with E-state index in [1.54, 1.807) is 4.57 Å². The second-order valence-electron chi connectivity index (χ2n) is 19.0. The molecule has 0 bridgehead atoms. The number of nitrogens with zero attached hydrogens (tertiary/aromatic N) is 2. The van der Waals surface area contributed by atoms with Gasteiger partial charge >= 0.3 is 0 Å². The molecule has 0 atom stereocenters. The molecule has 0 radical (unpaired) electrons. The predicted molar refractivity (Wildman–Crippen MR) is 320 cm³/mol. The zero-order chi connectivity index (χ0) is 55.8. The molecule has 2 heterocycles. The van der Waals surface area contributed by atoms with E-state index in [9.17, 15) is 6.85 Å². The van der Waals surface area contributed by atoms with Crippen molar-refractivity contribution in [3.63, 3.8) is 0 Å². The van der Waals surface area contributed by atoms with E-state index in [1.165, 1.54) is 20.7 Å². The Bertz CT molecular complexity index is 4640. The van der Waals surface area contributed by atoms with Crippen molar-refractivity contribution in [2.24, 2.45) is 0 Å². The molecule has 0 aliphatic rings. The van der Waals surface area contributed by atoms with Crippen LogP contribution >= 0.6 is 0 Å². The summed E-state index contributed by atoms with van der Waals surface area (Å²) in [7, 11) is -3.09. The van der Waals surface area contributed by atoms with E-state index in [4.69, 9.17) is 2.74 Å². The summed E-state index contributed by atoms with van der Waals surface area (Å²) in [4.78, 5) is 0. The van der Waals surface area contributed by atoms with Crippen molar-refractivity contribution in [3.05, 3.63) is 303 Å². The fourth-order valence-electron chi connectivity index (χ4n) is 11.6. The average molecular weight is 978 g/mol. The molecule has 0 amide bonds. The van der Waals surface area contributed by atoms with Crippen molar-refractivity contribution < 1.29 is 9.60 Å². The molecule has 3 heteroatoms. The van der Waals surface area contributed by atoms with E-state index in [0.717, 1.165) is 60.9 Å². The number of fused-ring (bicyclic) bond motifs is 6. The van der Waals surface area contributed by atoms with Crippen LogP contribution in [-0.4, -0.2) is 17.2 Å². The second kappa shape index (κ2) is 18.5. The maximum atomic E-state index is 10.2. The van der Waals surface area contributed by atoms with Gasteiger partial charge in [0.2, 0.25) is 0 Å². The van der Waals surface area contributed by atoms with Gasteiger partial charge in [0, 0.05) is 38.2 Å². The first-order valence-corrected chi connectivity index (χ1v) is 27.4. The van der Waals surface area contributed by atoms with E-state index < -0.39 is 20.2 Å². The molecule has 14 aromatic rings. The number of aromatic nitrogens is 2. The summed E-state index contributed by atoms with van der Waals surface area (Å²) in [6.07, 6.45) is 0. The highest BCUT2D eigenvalue weighted by atomic mass is 28.3. The summed E-state index contributed by atoms with van der Waals surface area (Å²) in [5.41, 5.74) is 10.3. The Morgan fingerprint density at radius 3 is 1.36 bits per heavy atom. The van der Waals surface area contributed by atoms with Crippen LogP contribution in [0.4, 0.5) is 0 Å². The number of rotatable bonds is 10. The van der Waals surface area contributed by atoms with Crippen molar-refractivity contribution in [3.8, 4) is 55.9 Å². The minimum absolute atomic E-state index is 0.0960. The summed E-state index contributed by atoms with van der Waals surface area (Å²) in [6.45, 7) is 0. The van der Waals surface area contributed by atoms with Crippen LogP contribution in [0.5, 0.6) is 0 Å². The van der Waals surface area contributed by atoms with Gasteiger partial charge in [0.05, 0.1) is 43.0 Å². The molecule has 12 aromatic carbocycles. The number of hydrogen-bond donors (Lipinski definition) is 0. The molecule has 0 N–H and O–H groups in total. The van der Waals surface area contributed by atoms with Crippen molar-refractivity contribution in [2.75, 3.05) is 0 Å². The Morgan fingerprint density at radius 2 is 0.760 bits per heavy atom. The molecule has 0 spiro atoms. The van der Waals surface area contributed by atoms with Gasteiger partial charge in [0.25, 0.3) is 0 Å². The molecule has 0 saturated heterocycles. The molecular formula is C72H50N2Si. The summed E-state index contributed by atoms with van der Waals surface area (Å²) in [5, 5.41) is 7.17. The van der Waals surface area contributed by atoms with Crippen LogP contribution in [0.15, 0.2) is 303 Å². The van der Waals surface area contributed by atoms with Crippen molar-refractivity contribution in [1.29, 1.82) is 0 Å². The molecule has 0 saturated carbocycles. The van der Waals surface area contributed by atoms with Crippen molar-refractivity contribution >= 4 is 72.4 Å². The third-order valence-electron chi connectivity index (χ3n) is 14.9.